The zero-order valence-corrected chi connectivity index (χ0v) is 17.5. The third kappa shape index (κ3) is 3.86. The number of nitrogens with zero attached hydrogens (tertiary/aromatic N) is 3. The van der Waals surface area contributed by atoms with E-state index >= 15 is 0 Å². The van der Waals surface area contributed by atoms with Crippen molar-refractivity contribution in [3.05, 3.63) is 91.9 Å². The number of anilines is 2. The number of hydrogen-bond acceptors (Lipinski definition) is 5. The van der Waals surface area contributed by atoms with E-state index in [1.54, 1.807) is 19.2 Å². The third-order valence-electron chi connectivity index (χ3n) is 5.60. The van der Waals surface area contributed by atoms with Gasteiger partial charge in [-0.1, -0.05) is 42.0 Å². The minimum Gasteiger partial charge on any atom is -0.396 e. The van der Waals surface area contributed by atoms with Crippen molar-refractivity contribution in [1.82, 2.24) is 9.13 Å². The van der Waals surface area contributed by atoms with Crippen molar-refractivity contribution in [2.45, 2.75) is 32.6 Å². The van der Waals surface area contributed by atoms with Crippen LogP contribution in [-0.2, 0) is 20.1 Å². The second-order valence-electron chi connectivity index (χ2n) is 7.78. The largest absolute Gasteiger partial charge is 0.396 e. The van der Waals surface area contributed by atoms with Crippen LogP contribution in [-0.4, -0.2) is 20.8 Å². The number of aliphatic hydroxyl groups excluding tert-OH is 1. The summed E-state index contributed by atoms with van der Waals surface area (Å²) in [6.07, 6.45) is -0.0617. The second-order valence-corrected chi connectivity index (χ2v) is 7.78. The molecule has 1 unspecified atom stereocenters. The van der Waals surface area contributed by atoms with Crippen LogP contribution in [0.4, 0.5) is 15.9 Å². The Balaban J connectivity index is 1.85. The highest BCUT2D eigenvalue weighted by Gasteiger charge is 2.35. The summed E-state index contributed by atoms with van der Waals surface area (Å²) < 4.78 is 16.0. The molecular weight excluding hydrogens is 399 g/mol. The summed E-state index contributed by atoms with van der Waals surface area (Å²) in [5.74, 6) is 0.121. The van der Waals surface area contributed by atoms with E-state index in [1.165, 1.54) is 16.7 Å². The molecule has 1 aromatic heterocycles. The normalized spacial score (nSPS) is 15.1. The molecule has 0 radical (unpaired) electrons. The van der Waals surface area contributed by atoms with Crippen molar-refractivity contribution in [2.24, 2.45) is 7.05 Å². The highest BCUT2D eigenvalue weighted by molar-refractivity contribution is 5.73. The van der Waals surface area contributed by atoms with Gasteiger partial charge in [0.2, 0.25) is 0 Å². The molecular formula is C23H25FN4O3. The van der Waals surface area contributed by atoms with Crippen LogP contribution in [0.2, 0.25) is 0 Å². The molecule has 7 nitrogen and oxygen atoms in total. The standard InChI is InChI=1S/C23H25FN4O3/c1-15-4-8-17(9-5-15)20-25-21-19(28(20)14-16-6-10-18(24)11-7-16)22(30)27(12-3-13-29)23(31)26(21)2/h4-11,20,25,29H,3,12-14H2,1-2H3. The number of rotatable bonds is 6. The van der Waals surface area contributed by atoms with Gasteiger partial charge in [-0.25, -0.2) is 9.18 Å². The van der Waals surface area contributed by atoms with Crippen LogP contribution >= 0.6 is 0 Å². The van der Waals surface area contributed by atoms with Gasteiger partial charge in [0, 0.05) is 26.7 Å². The van der Waals surface area contributed by atoms with Crippen LogP contribution in [0.1, 0.15) is 29.3 Å². The van der Waals surface area contributed by atoms with Gasteiger partial charge in [0.05, 0.1) is 0 Å². The van der Waals surface area contributed by atoms with E-state index in [9.17, 15) is 19.1 Å². The molecule has 4 rings (SSSR count). The Morgan fingerprint density at radius 3 is 2.39 bits per heavy atom. The minimum atomic E-state index is -0.434. The molecule has 0 aliphatic carbocycles. The first-order valence-corrected chi connectivity index (χ1v) is 10.2. The number of aryl methyl sites for hydroxylation is 1. The van der Waals surface area contributed by atoms with Crippen molar-refractivity contribution in [3.63, 3.8) is 0 Å². The van der Waals surface area contributed by atoms with Crippen LogP contribution in [0.5, 0.6) is 0 Å². The lowest BCUT2D eigenvalue weighted by molar-refractivity contribution is 0.277. The van der Waals surface area contributed by atoms with Gasteiger partial charge in [-0.05, 0) is 36.6 Å². The van der Waals surface area contributed by atoms with E-state index in [1.807, 2.05) is 36.1 Å². The molecule has 162 valence electrons. The molecule has 0 saturated heterocycles. The molecule has 2 heterocycles. The van der Waals surface area contributed by atoms with Crippen LogP contribution < -0.4 is 21.5 Å². The number of aliphatic hydroxyl groups is 1. The van der Waals surface area contributed by atoms with Crippen molar-refractivity contribution in [2.75, 3.05) is 16.8 Å². The molecule has 0 saturated carbocycles. The van der Waals surface area contributed by atoms with Gasteiger partial charge in [0.25, 0.3) is 5.56 Å². The van der Waals surface area contributed by atoms with E-state index in [0.717, 1.165) is 21.3 Å². The Bertz CT molecular complexity index is 1200. The molecule has 0 bridgehead atoms. The smallest absolute Gasteiger partial charge is 0.332 e. The molecule has 8 heteroatoms. The maximum absolute atomic E-state index is 13.4. The average Bonchev–Trinajstić information content (AvgIpc) is 3.14. The predicted molar refractivity (Wildman–Crippen MR) is 118 cm³/mol. The maximum atomic E-state index is 13.4. The number of nitrogens with one attached hydrogen (secondary N) is 1. The molecule has 1 aliphatic rings. The highest BCUT2D eigenvalue weighted by Crippen LogP contribution is 2.39. The molecule has 0 spiro atoms. The Hall–Kier alpha value is -3.39. The van der Waals surface area contributed by atoms with Crippen LogP contribution in [0.15, 0.2) is 58.1 Å². The molecule has 0 fully saturated rings. The molecule has 3 aromatic rings. The highest BCUT2D eigenvalue weighted by atomic mass is 19.1. The number of benzene rings is 2. The van der Waals surface area contributed by atoms with Crippen LogP contribution in [0.3, 0.4) is 0 Å². The van der Waals surface area contributed by atoms with Gasteiger partial charge < -0.3 is 15.3 Å². The number of halogens is 1. The molecule has 1 atom stereocenters. The fraction of sp³-hybridized carbons (Fsp3) is 0.304. The van der Waals surface area contributed by atoms with E-state index in [0.29, 0.717) is 24.5 Å². The third-order valence-corrected chi connectivity index (χ3v) is 5.60. The molecule has 2 N–H and O–H groups in total. The molecule has 0 amide bonds. The number of fused-ring (bicyclic) bond motifs is 1. The van der Waals surface area contributed by atoms with Crippen molar-refractivity contribution < 1.29 is 9.50 Å². The maximum Gasteiger partial charge on any atom is 0.332 e. The monoisotopic (exact) mass is 424 g/mol. The predicted octanol–water partition coefficient (Wildman–Crippen LogP) is 2.51. The second kappa shape index (κ2) is 8.39. The Labute approximate surface area is 179 Å². The Kier molecular flexibility index (Phi) is 5.65. The summed E-state index contributed by atoms with van der Waals surface area (Å²) in [7, 11) is 1.62. The lowest BCUT2D eigenvalue weighted by Gasteiger charge is -2.27. The summed E-state index contributed by atoms with van der Waals surface area (Å²) in [6, 6.07) is 14.1. The van der Waals surface area contributed by atoms with Crippen LogP contribution in [0.25, 0.3) is 0 Å². The SMILES string of the molecule is Cc1ccc(C2Nc3c(c(=O)n(CCCO)c(=O)n3C)N2Cc2ccc(F)cc2)cc1. The summed E-state index contributed by atoms with van der Waals surface area (Å²) in [4.78, 5) is 28.0. The van der Waals surface area contributed by atoms with Crippen LogP contribution in [0, 0.1) is 12.7 Å². The zero-order chi connectivity index (χ0) is 22.1. The molecule has 31 heavy (non-hydrogen) atoms. The van der Waals surface area contributed by atoms with Crippen molar-refractivity contribution in [1.29, 1.82) is 0 Å². The first-order valence-electron chi connectivity index (χ1n) is 10.2. The first-order chi connectivity index (χ1) is 14.9. The van der Waals surface area contributed by atoms with Gasteiger partial charge >= 0.3 is 5.69 Å². The van der Waals surface area contributed by atoms with E-state index in [2.05, 4.69) is 5.32 Å². The summed E-state index contributed by atoms with van der Waals surface area (Å²) in [6.45, 7) is 2.37. The Morgan fingerprint density at radius 2 is 1.74 bits per heavy atom. The Morgan fingerprint density at radius 1 is 1.06 bits per heavy atom. The fourth-order valence-electron chi connectivity index (χ4n) is 3.91. The lowest BCUT2D eigenvalue weighted by atomic mass is 10.1. The van der Waals surface area contributed by atoms with Crippen molar-refractivity contribution in [3.8, 4) is 0 Å². The van der Waals surface area contributed by atoms with Gasteiger partial charge in [-0.15, -0.1) is 0 Å². The quantitative estimate of drug-likeness (QED) is 0.636. The molecule has 2 aromatic carbocycles. The summed E-state index contributed by atoms with van der Waals surface area (Å²) in [5.41, 5.74) is 2.44. The lowest BCUT2D eigenvalue weighted by Crippen LogP contribution is -2.41. The average molecular weight is 424 g/mol. The topological polar surface area (TPSA) is 79.5 Å². The number of aromatic nitrogens is 2. The van der Waals surface area contributed by atoms with Gasteiger partial charge in [-0.2, -0.15) is 0 Å². The summed E-state index contributed by atoms with van der Waals surface area (Å²) >= 11 is 0. The van der Waals surface area contributed by atoms with E-state index in [4.69, 9.17) is 0 Å². The van der Waals surface area contributed by atoms with Gasteiger partial charge in [0.1, 0.15) is 23.5 Å². The van der Waals surface area contributed by atoms with Gasteiger partial charge in [-0.3, -0.25) is 13.9 Å². The summed E-state index contributed by atoms with van der Waals surface area (Å²) in [5, 5.41) is 12.5. The molecule has 1 aliphatic heterocycles. The van der Waals surface area contributed by atoms with E-state index in [-0.39, 0.29) is 25.1 Å². The zero-order valence-electron chi connectivity index (χ0n) is 17.5. The van der Waals surface area contributed by atoms with Gasteiger partial charge in [0.15, 0.2) is 0 Å². The van der Waals surface area contributed by atoms with Crippen molar-refractivity contribution >= 4 is 11.5 Å². The number of hydrogen-bond donors (Lipinski definition) is 2. The van der Waals surface area contributed by atoms with E-state index < -0.39 is 11.2 Å². The first kappa shape index (κ1) is 20.9. The fourth-order valence-corrected chi connectivity index (χ4v) is 3.91. The minimum absolute atomic E-state index is 0.115.